The highest BCUT2D eigenvalue weighted by Gasteiger charge is 2.22. The zero-order valence-corrected chi connectivity index (χ0v) is 8.00. The Bertz CT molecular complexity index is 386. The van der Waals surface area contributed by atoms with E-state index in [9.17, 15) is 14.5 Å². The zero-order chi connectivity index (χ0) is 10.9. The molecule has 0 spiro atoms. The molecule has 0 saturated heterocycles. The Balaban J connectivity index is 3.34. The molecule has 0 heterocycles. The molecule has 14 heavy (non-hydrogen) atoms. The molecule has 0 amide bonds. The first-order valence-corrected chi connectivity index (χ1v) is 4.10. The van der Waals surface area contributed by atoms with Gasteiger partial charge < -0.3 is 10.0 Å². The maximum Gasteiger partial charge on any atom is 0.489 e. The molecule has 8 heteroatoms. The summed E-state index contributed by atoms with van der Waals surface area (Å²) in [5, 5.41) is 28.1. The van der Waals surface area contributed by atoms with Crippen LogP contribution < -0.4 is 10.8 Å². The molecular formula is C6H6BFNO4P. The minimum atomic E-state index is -1.86. The fourth-order valence-corrected chi connectivity index (χ4v) is 1.34. The predicted octanol–water partition coefficient (Wildman–Crippen LogP) is -1.09. The molecule has 1 aromatic carbocycles. The lowest BCUT2D eigenvalue weighted by molar-refractivity contribution is -0.387. The number of halogens is 1. The maximum atomic E-state index is 12.9. The highest BCUT2D eigenvalue weighted by molar-refractivity contribution is 7.28. The Morgan fingerprint density at radius 3 is 2.50 bits per heavy atom. The number of benzene rings is 1. The zero-order valence-electron chi connectivity index (χ0n) is 6.85. The van der Waals surface area contributed by atoms with Gasteiger partial charge in [0.2, 0.25) is 5.82 Å². The third-order valence-electron chi connectivity index (χ3n) is 1.63. The molecule has 1 aromatic rings. The molecule has 0 aromatic heterocycles. The fraction of sp³-hybridized carbons (Fsp3) is 0. The van der Waals surface area contributed by atoms with Crippen LogP contribution in [0.3, 0.4) is 0 Å². The van der Waals surface area contributed by atoms with Crippen molar-refractivity contribution in [2.75, 3.05) is 0 Å². The fourth-order valence-electron chi connectivity index (χ4n) is 0.957. The van der Waals surface area contributed by atoms with E-state index in [1.165, 1.54) is 0 Å². The minimum Gasteiger partial charge on any atom is -0.423 e. The molecule has 1 rings (SSSR count). The Labute approximate surface area is 81.1 Å². The van der Waals surface area contributed by atoms with Crippen LogP contribution in [-0.4, -0.2) is 22.1 Å². The average molecular weight is 217 g/mol. The van der Waals surface area contributed by atoms with Crippen molar-refractivity contribution in [1.29, 1.82) is 0 Å². The van der Waals surface area contributed by atoms with Gasteiger partial charge in [0, 0.05) is 6.07 Å². The smallest absolute Gasteiger partial charge is 0.423 e. The molecule has 0 aliphatic rings. The van der Waals surface area contributed by atoms with Gasteiger partial charge in [-0.3, -0.25) is 10.1 Å². The van der Waals surface area contributed by atoms with Gasteiger partial charge in [-0.05, 0) is 16.8 Å². The summed E-state index contributed by atoms with van der Waals surface area (Å²) in [6.45, 7) is 0. The highest BCUT2D eigenvalue weighted by Crippen LogP contribution is 2.14. The molecule has 1 unspecified atom stereocenters. The van der Waals surface area contributed by atoms with Crippen molar-refractivity contribution in [2.45, 2.75) is 0 Å². The lowest BCUT2D eigenvalue weighted by Crippen LogP contribution is -2.38. The molecule has 2 N–H and O–H groups in total. The summed E-state index contributed by atoms with van der Waals surface area (Å²) in [6, 6.07) is 1.65. The number of rotatable bonds is 2. The van der Waals surface area contributed by atoms with Crippen molar-refractivity contribution in [3.8, 4) is 0 Å². The van der Waals surface area contributed by atoms with E-state index >= 15 is 0 Å². The van der Waals surface area contributed by atoms with E-state index in [1.807, 2.05) is 0 Å². The highest BCUT2D eigenvalue weighted by atomic mass is 31.0. The summed E-state index contributed by atoms with van der Waals surface area (Å²) < 4.78 is 12.9. The van der Waals surface area contributed by atoms with Gasteiger partial charge in [0.25, 0.3) is 0 Å². The van der Waals surface area contributed by atoms with Gasteiger partial charge in [-0.15, -0.1) is 9.24 Å². The Morgan fingerprint density at radius 1 is 1.50 bits per heavy atom. The first-order chi connectivity index (χ1) is 6.43. The molecule has 0 aliphatic heterocycles. The Morgan fingerprint density at radius 2 is 2.07 bits per heavy atom. The number of nitro groups is 1. The summed E-state index contributed by atoms with van der Waals surface area (Å²) >= 11 is 0. The van der Waals surface area contributed by atoms with Gasteiger partial charge in [-0.1, -0.05) is 0 Å². The van der Waals surface area contributed by atoms with E-state index in [1.54, 1.807) is 0 Å². The van der Waals surface area contributed by atoms with Gasteiger partial charge in [0.05, 0.1) is 4.92 Å². The van der Waals surface area contributed by atoms with E-state index in [0.717, 1.165) is 12.1 Å². The molecular weight excluding hydrogens is 211 g/mol. The van der Waals surface area contributed by atoms with E-state index in [0.29, 0.717) is 0 Å². The second-order valence-electron chi connectivity index (χ2n) is 2.56. The van der Waals surface area contributed by atoms with Crippen LogP contribution in [-0.2, 0) is 0 Å². The number of hydrogen-bond acceptors (Lipinski definition) is 4. The van der Waals surface area contributed by atoms with Crippen molar-refractivity contribution < 1.29 is 19.4 Å². The van der Waals surface area contributed by atoms with Crippen LogP contribution in [0.25, 0.3) is 0 Å². The van der Waals surface area contributed by atoms with Gasteiger partial charge in [-0.25, -0.2) is 0 Å². The van der Waals surface area contributed by atoms with Crippen molar-refractivity contribution in [3.63, 3.8) is 0 Å². The summed E-state index contributed by atoms with van der Waals surface area (Å²) in [7, 11) is 0.202. The van der Waals surface area contributed by atoms with Crippen molar-refractivity contribution >= 4 is 32.8 Å². The van der Waals surface area contributed by atoms with Crippen LogP contribution >= 0.6 is 9.24 Å². The van der Waals surface area contributed by atoms with Crippen LogP contribution in [0.15, 0.2) is 12.1 Å². The minimum absolute atomic E-state index is 0.108. The monoisotopic (exact) mass is 217 g/mol. The second kappa shape index (κ2) is 4.00. The van der Waals surface area contributed by atoms with Crippen molar-refractivity contribution in [1.82, 2.24) is 0 Å². The SMILES string of the molecule is O=[N+]([O-])c1cc(B(O)O)c(P)cc1F. The van der Waals surface area contributed by atoms with Crippen LogP contribution in [0.4, 0.5) is 10.1 Å². The molecule has 0 fully saturated rings. The van der Waals surface area contributed by atoms with Crippen molar-refractivity contribution in [3.05, 3.63) is 28.1 Å². The second-order valence-corrected chi connectivity index (χ2v) is 3.19. The topological polar surface area (TPSA) is 83.6 Å². The first-order valence-electron chi connectivity index (χ1n) is 3.53. The molecule has 0 radical (unpaired) electrons. The largest absolute Gasteiger partial charge is 0.489 e. The Hall–Kier alpha value is -1.04. The maximum absolute atomic E-state index is 12.9. The number of nitrogens with zero attached hydrogens (tertiary/aromatic N) is 1. The van der Waals surface area contributed by atoms with Crippen LogP contribution in [0, 0.1) is 15.9 Å². The van der Waals surface area contributed by atoms with E-state index in [2.05, 4.69) is 9.24 Å². The van der Waals surface area contributed by atoms with Gasteiger partial charge >= 0.3 is 12.8 Å². The molecule has 0 bridgehead atoms. The standard InChI is InChI=1S/C6H6BFNO4P/c8-4-2-6(14)3(7(10)11)1-5(4)9(12)13/h1-2,10-11H,14H2. The third-order valence-corrected chi connectivity index (χ3v) is 2.13. The number of hydrogen-bond donors (Lipinski definition) is 2. The van der Waals surface area contributed by atoms with E-state index in [4.69, 9.17) is 10.0 Å². The van der Waals surface area contributed by atoms with Gasteiger partial charge in [0.15, 0.2) is 0 Å². The summed E-state index contributed by atoms with van der Waals surface area (Å²) in [4.78, 5) is 9.38. The van der Waals surface area contributed by atoms with E-state index in [-0.39, 0.29) is 10.8 Å². The molecule has 5 nitrogen and oxygen atoms in total. The predicted molar refractivity (Wildman–Crippen MR) is 52.2 cm³/mol. The molecule has 74 valence electrons. The normalized spacial score (nSPS) is 10.0. The number of nitro benzene ring substituents is 1. The molecule has 0 aliphatic carbocycles. The summed E-state index contributed by atoms with van der Waals surface area (Å²) in [6.07, 6.45) is 0. The first kappa shape index (κ1) is 11.0. The van der Waals surface area contributed by atoms with Crippen LogP contribution in [0.2, 0.25) is 0 Å². The van der Waals surface area contributed by atoms with Crippen molar-refractivity contribution in [2.24, 2.45) is 0 Å². The third kappa shape index (κ3) is 2.06. The summed E-state index contributed by atoms with van der Waals surface area (Å²) in [5.41, 5.74) is -0.887. The van der Waals surface area contributed by atoms with Crippen LogP contribution in [0.5, 0.6) is 0 Å². The Kier molecular flexibility index (Phi) is 3.15. The molecule has 0 saturated carbocycles. The lowest BCUT2D eigenvalue weighted by Gasteiger charge is -2.04. The lowest BCUT2D eigenvalue weighted by atomic mass is 9.80. The summed E-state index contributed by atoms with van der Waals surface area (Å²) in [5.74, 6) is -1.01. The average Bonchev–Trinajstić information content (AvgIpc) is 2.02. The quantitative estimate of drug-likeness (QED) is 0.285. The molecule has 1 atom stereocenters. The van der Waals surface area contributed by atoms with Gasteiger partial charge in [-0.2, -0.15) is 4.39 Å². The van der Waals surface area contributed by atoms with Crippen LogP contribution in [0.1, 0.15) is 0 Å². The van der Waals surface area contributed by atoms with E-state index < -0.39 is 23.5 Å². The van der Waals surface area contributed by atoms with Gasteiger partial charge in [0.1, 0.15) is 0 Å².